The minimum absolute atomic E-state index is 0. The van der Waals surface area contributed by atoms with E-state index in [0.717, 1.165) is 11.3 Å². The molecule has 0 atom stereocenters. The van der Waals surface area contributed by atoms with E-state index >= 15 is 0 Å². The van der Waals surface area contributed by atoms with E-state index in [2.05, 4.69) is 6.07 Å². The number of rotatable bonds is 1. The summed E-state index contributed by atoms with van der Waals surface area (Å²) in [5.74, 6) is 0.831. The molecule has 48 valence electrons. The van der Waals surface area contributed by atoms with Crippen LogP contribution in [0, 0.1) is 13.0 Å². The van der Waals surface area contributed by atoms with Crippen LogP contribution in [-0.4, -0.2) is 7.11 Å². The van der Waals surface area contributed by atoms with E-state index in [1.54, 1.807) is 7.11 Å². The van der Waals surface area contributed by atoms with Gasteiger partial charge in [-0.2, -0.15) is 18.2 Å². The Morgan fingerprint density at radius 2 is 2.20 bits per heavy atom. The quantitative estimate of drug-likeness (QED) is 0.341. The summed E-state index contributed by atoms with van der Waals surface area (Å²) < 4.78 is 4.99. The van der Waals surface area contributed by atoms with E-state index in [1.165, 1.54) is 0 Å². The number of benzene rings is 1. The molecule has 0 bridgehead atoms. The Bertz CT molecular complexity index is 198. The second-order valence-corrected chi connectivity index (χ2v) is 1.89. The van der Waals surface area contributed by atoms with Crippen molar-refractivity contribution in [2.24, 2.45) is 0 Å². The van der Waals surface area contributed by atoms with Crippen molar-refractivity contribution in [2.75, 3.05) is 7.11 Å². The van der Waals surface area contributed by atoms with Crippen molar-refractivity contribution in [1.82, 2.24) is 0 Å². The maximum Gasteiger partial charge on any atom is 1.00 e. The molecule has 2 heteroatoms. The first-order valence-corrected chi connectivity index (χ1v) is 2.86. The van der Waals surface area contributed by atoms with Gasteiger partial charge in [-0.15, -0.1) is 11.6 Å². The van der Waals surface area contributed by atoms with Gasteiger partial charge in [-0.25, -0.2) is 0 Å². The third-order valence-corrected chi connectivity index (χ3v) is 1.22. The summed E-state index contributed by atoms with van der Waals surface area (Å²) >= 11 is 0. The number of ether oxygens (including phenoxy) is 1. The van der Waals surface area contributed by atoms with Crippen LogP contribution >= 0.6 is 0 Å². The van der Waals surface area contributed by atoms with E-state index in [1.807, 2.05) is 25.1 Å². The van der Waals surface area contributed by atoms with Crippen LogP contribution in [0.4, 0.5) is 0 Å². The van der Waals surface area contributed by atoms with Gasteiger partial charge in [0.2, 0.25) is 0 Å². The Morgan fingerprint density at radius 1 is 1.50 bits per heavy atom. The van der Waals surface area contributed by atoms with Gasteiger partial charge in [0.25, 0.3) is 0 Å². The number of aryl methyl sites for hydroxylation is 1. The van der Waals surface area contributed by atoms with E-state index in [9.17, 15) is 0 Å². The van der Waals surface area contributed by atoms with Gasteiger partial charge >= 0.3 is 18.9 Å². The molecule has 0 saturated carbocycles. The molecule has 0 heterocycles. The van der Waals surface area contributed by atoms with Crippen molar-refractivity contribution in [1.29, 1.82) is 0 Å². The third-order valence-electron chi connectivity index (χ3n) is 1.22. The number of hydrogen-bond acceptors (Lipinski definition) is 1. The van der Waals surface area contributed by atoms with E-state index in [-0.39, 0.29) is 18.9 Å². The second-order valence-electron chi connectivity index (χ2n) is 1.89. The van der Waals surface area contributed by atoms with Crippen molar-refractivity contribution in [2.45, 2.75) is 6.92 Å². The molecule has 1 nitrogen and oxygen atoms in total. The van der Waals surface area contributed by atoms with Crippen molar-refractivity contribution < 1.29 is 23.6 Å². The molecule has 10 heavy (non-hydrogen) atoms. The summed E-state index contributed by atoms with van der Waals surface area (Å²) in [5.41, 5.74) is 1.12. The molecule has 0 spiro atoms. The molecule has 0 aliphatic carbocycles. The molecule has 0 N–H and O–H groups in total. The fraction of sp³-hybridized carbons (Fsp3) is 0.250. The van der Waals surface area contributed by atoms with Crippen LogP contribution in [-0.2, 0) is 0 Å². The number of para-hydroxylation sites is 1. The Hall–Kier alpha value is -0.383. The summed E-state index contributed by atoms with van der Waals surface area (Å²) in [6, 6.07) is 8.74. The molecule has 0 unspecified atom stereocenters. The molecule has 1 rings (SSSR count). The zero-order chi connectivity index (χ0) is 6.69. The number of hydrogen-bond donors (Lipinski definition) is 0. The van der Waals surface area contributed by atoms with Crippen molar-refractivity contribution in [3.63, 3.8) is 0 Å². The standard InChI is InChI=1S/C8H9O.Li/c1-7-5-3-4-6-8(7)9-2;/h3-5H,1-2H3;/q-1;+1. The van der Waals surface area contributed by atoms with Gasteiger partial charge in [-0.05, 0) is 0 Å². The molecule has 1 aromatic carbocycles. The molecule has 0 fully saturated rings. The van der Waals surface area contributed by atoms with Crippen LogP contribution in [0.3, 0.4) is 0 Å². The molecule has 0 amide bonds. The topological polar surface area (TPSA) is 9.23 Å². The van der Waals surface area contributed by atoms with Crippen LogP contribution in [0.1, 0.15) is 5.56 Å². The minimum Gasteiger partial charge on any atom is -0.522 e. The molecule has 0 aliphatic heterocycles. The second kappa shape index (κ2) is 4.44. The van der Waals surface area contributed by atoms with Gasteiger partial charge in [0.05, 0.1) is 7.11 Å². The number of methoxy groups -OCH3 is 1. The van der Waals surface area contributed by atoms with Gasteiger partial charge in [-0.3, -0.25) is 0 Å². The molecular weight excluding hydrogens is 119 g/mol. The zero-order valence-corrected chi connectivity index (χ0v) is 6.64. The predicted molar refractivity (Wildman–Crippen MR) is 36.6 cm³/mol. The van der Waals surface area contributed by atoms with E-state index < -0.39 is 0 Å². The fourth-order valence-corrected chi connectivity index (χ4v) is 0.726. The monoisotopic (exact) mass is 128 g/mol. The SMILES string of the molecule is COc1[c-]cccc1C.[Li+]. The minimum atomic E-state index is 0. The van der Waals surface area contributed by atoms with Crippen LogP contribution in [0.25, 0.3) is 0 Å². The largest absolute Gasteiger partial charge is 1.00 e. The van der Waals surface area contributed by atoms with Crippen molar-refractivity contribution >= 4 is 0 Å². The van der Waals surface area contributed by atoms with Crippen LogP contribution in [0.15, 0.2) is 18.2 Å². The molecule has 0 saturated heterocycles. The smallest absolute Gasteiger partial charge is 0.522 e. The average molecular weight is 128 g/mol. The molecule has 0 aromatic heterocycles. The molecule has 0 aliphatic rings. The van der Waals surface area contributed by atoms with E-state index in [4.69, 9.17) is 4.74 Å². The van der Waals surface area contributed by atoms with Gasteiger partial charge in [0.15, 0.2) is 0 Å². The van der Waals surface area contributed by atoms with Gasteiger partial charge < -0.3 is 4.74 Å². The summed E-state index contributed by atoms with van der Waals surface area (Å²) in [6.07, 6.45) is 0. The van der Waals surface area contributed by atoms with E-state index in [0.29, 0.717) is 0 Å². The zero-order valence-electron chi connectivity index (χ0n) is 6.64. The Labute approximate surface area is 73.6 Å². The van der Waals surface area contributed by atoms with Crippen molar-refractivity contribution in [3.8, 4) is 5.75 Å². The maximum atomic E-state index is 4.99. The van der Waals surface area contributed by atoms with Gasteiger partial charge in [-0.1, -0.05) is 6.92 Å². The molecular formula is C8H9LiO. The Balaban J connectivity index is 0.000000810. The Morgan fingerprint density at radius 3 is 2.60 bits per heavy atom. The molecule has 1 aromatic rings. The fourth-order valence-electron chi connectivity index (χ4n) is 0.726. The predicted octanol–water partition coefficient (Wildman–Crippen LogP) is -1.19. The van der Waals surface area contributed by atoms with Gasteiger partial charge in [0, 0.05) is 5.75 Å². The Kier molecular flexibility index (Phi) is 4.27. The third kappa shape index (κ3) is 2.10. The van der Waals surface area contributed by atoms with Gasteiger partial charge in [0.1, 0.15) is 0 Å². The first-order valence-electron chi connectivity index (χ1n) is 2.86. The first-order chi connectivity index (χ1) is 4.34. The molecule has 0 radical (unpaired) electrons. The van der Waals surface area contributed by atoms with Crippen LogP contribution in [0.2, 0.25) is 0 Å². The summed E-state index contributed by atoms with van der Waals surface area (Å²) in [7, 11) is 1.65. The summed E-state index contributed by atoms with van der Waals surface area (Å²) in [5, 5.41) is 0. The summed E-state index contributed by atoms with van der Waals surface area (Å²) in [4.78, 5) is 0. The summed E-state index contributed by atoms with van der Waals surface area (Å²) in [6.45, 7) is 2.00. The normalized spacial score (nSPS) is 8.20. The first kappa shape index (κ1) is 9.62. The van der Waals surface area contributed by atoms with Crippen molar-refractivity contribution in [3.05, 3.63) is 29.8 Å². The van der Waals surface area contributed by atoms with Crippen LogP contribution in [0.5, 0.6) is 5.75 Å². The average Bonchev–Trinajstić information content (AvgIpc) is 1.89. The maximum absolute atomic E-state index is 4.99. The van der Waals surface area contributed by atoms with Crippen LogP contribution < -0.4 is 23.6 Å².